The van der Waals surface area contributed by atoms with Crippen molar-refractivity contribution in [2.24, 2.45) is 0 Å². The fourth-order valence-corrected chi connectivity index (χ4v) is 4.45. The summed E-state index contributed by atoms with van der Waals surface area (Å²) >= 11 is 0. The minimum atomic E-state index is -4.90. The normalized spacial score (nSPS) is 17.2. The highest BCUT2D eigenvalue weighted by atomic mass is 19.4. The van der Waals surface area contributed by atoms with Crippen LogP contribution in [0.5, 0.6) is 0 Å². The molecule has 2 N–H and O–H groups in total. The Hall–Kier alpha value is -3.70. The largest absolute Gasteiger partial charge is 0.465 e. The minimum Gasteiger partial charge on any atom is -0.465 e. The molecule has 1 amide bonds. The molecule has 204 valence electrons. The number of amides is 1. The zero-order valence-electron chi connectivity index (χ0n) is 22.0. The van der Waals surface area contributed by atoms with Gasteiger partial charge in [0.05, 0.1) is 25.3 Å². The monoisotopic (exact) mass is 533 g/mol. The van der Waals surface area contributed by atoms with E-state index in [2.05, 4.69) is 15.2 Å². The average Bonchev–Trinajstić information content (AvgIpc) is 3.43. The SMILES string of the molecule is CC.COC(=O)c1ccc(C(C)NC(=O)c2c(C(F)(F)F)nn3c2[N+](O)(Cc2cccc(C)c2)CC3)cc1. The first-order valence-corrected chi connectivity index (χ1v) is 12.3. The maximum absolute atomic E-state index is 13.9. The molecule has 3 aromatic rings. The first-order chi connectivity index (χ1) is 17.9. The van der Waals surface area contributed by atoms with Gasteiger partial charge < -0.3 is 10.1 Å². The van der Waals surface area contributed by atoms with Gasteiger partial charge in [0.2, 0.25) is 0 Å². The Morgan fingerprint density at radius 2 is 1.84 bits per heavy atom. The van der Waals surface area contributed by atoms with Crippen LogP contribution in [0.1, 0.15) is 69.9 Å². The number of hydrogen-bond donors (Lipinski definition) is 2. The quantitative estimate of drug-likeness (QED) is 0.326. The van der Waals surface area contributed by atoms with Crippen LogP contribution in [-0.2, 0) is 24.0 Å². The molecule has 4 rings (SSSR count). The molecule has 0 fully saturated rings. The number of rotatable bonds is 6. The van der Waals surface area contributed by atoms with Crippen molar-refractivity contribution in [2.45, 2.75) is 53.0 Å². The molecule has 8 nitrogen and oxygen atoms in total. The Labute approximate surface area is 219 Å². The van der Waals surface area contributed by atoms with Gasteiger partial charge in [0.25, 0.3) is 11.7 Å². The van der Waals surface area contributed by atoms with Gasteiger partial charge in [0, 0.05) is 5.56 Å². The van der Waals surface area contributed by atoms with Crippen LogP contribution in [0.3, 0.4) is 0 Å². The third kappa shape index (κ3) is 5.89. The molecule has 1 aliphatic rings. The van der Waals surface area contributed by atoms with Gasteiger partial charge in [-0.05, 0) is 31.5 Å². The van der Waals surface area contributed by atoms with Crippen LogP contribution in [-0.4, -0.2) is 40.5 Å². The van der Waals surface area contributed by atoms with E-state index in [1.54, 1.807) is 31.2 Å². The van der Waals surface area contributed by atoms with Crippen molar-refractivity contribution in [2.75, 3.05) is 13.7 Å². The second kappa shape index (κ2) is 11.4. The lowest BCUT2D eigenvalue weighted by molar-refractivity contribution is -0.142. The first kappa shape index (κ1) is 28.9. The summed E-state index contributed by atoms with van der Waals surface area (Å²) < 4.78 is 46.6. The van der Waals surface area contributed by atoms with Gasteiger partial charge in [-0.25, -0.2) is 14.7 Å². The van der Waals surface area contributed by atoms with Gasteiger partial charge in [-0.3, -0.25) is 4.79 Å². The summed E-state index contributed by atoms with van der Waals surface area (Å²) in [5.41, 5.74) is 0.473. The zero-order valence-corrected chi connectivity index (χ0v) is 22.0. The number of methoxy groups -OCH3 is 1. The van der Waals surface area contributed by atoms with E-state index in [9.17, 15) is 28.0 Å². The predicted octanol–water partition coefficient (Wildman–Crippen LogP) is 5.42. The smallest absolute Gasteiger partial charge is 0.436 e. The third-order valence-corrected chi connectivity index (χ3v) is 6.20. The van der Waals surface area contributed by atoms with E-state index in [0.29, 0.717) is 16.7 Å². The number of hydrogen-bond acceptors (Lipinski definition) is 5. The van der Waals surface area contributed by atoms with Gasteiger partial charge in [-0.2, -0.15) is 18.3 Å². The number of fused-ring (bicyclic) bond motifs is 1. The number of quaternary nitrogens is 1. The number of aryl methyl sites for hydroxylation is 1. The van der Waals surface area contributed by atoms with Crippen molar-refractivity contribution in [3.05, 3.63) is 82.0 Å². The van der Waals surface area contributed by atoms with Crippen LogP contribution in [0.4, 0.5) is 19.0 Å². The molecule has 0 radical (unpaired) electrons. The van der Waals surface area contributed by atoms with Gasteiger partial charge in [0.1, 0.15) is 13.1 Å². The van der Waals surface area contributed by atoms with E-state index in [-0.39, 0.29) is 25.5 Å². The molecular weight excluding hydrogens is 501 g/mol. The summed E-state index contributed by atoms with van der Waals surface area (Å²) in [5, 5.41) is 17.7. The molecule has 38 heavy (non-hydrogen) atoms. The Balaban J connectivity index is 0.00000195. The highest BCUT2D eigenvalue weighted by molar-refractivity contribution is 6.00. The number of benzene rings is 2. The summed E-state index contributed by atoms with van der Waals surface area (Å²) in [6.07, 6.45) is -4.90. The lowest BCUT2D eigenvalue weighted by atomic mass is 10.1. The van der Waals surface area contributed by atoms with E-state index >= 15 is 0 Å². The Morgan fingerprint density at radius 3 is 2.42 bits per heavy atom. The summed E-state index contributed by atoms with van der Waals surface area (Å²) in [7, 11) is 1.25. The standard InChI is InChI=1S/C25H25F3N4O4.C2H6/c1-15-5-4-6-17(13-15)14-32(35)12-11-31-23(32)20(21(30-31)25(26,27)28)22(33)29-16(2)18-7-9-19(10-8-18)24(34)36-3;1-2/h4-10,13,16,35H,11-12,14H2,1-3H3;1-2H3/p+1. The molecule has 0 bridgehead atoms. The van der Waals surface area contributed by atoms with Crippen molar-refractivity contribution < 1.29 is 32.7 Å². The van der Waals surface area contributed by atoms with E-state index < -0.39 is 40.0 Å². The van der Waals surface area contributed by atoms with Crippen LogP contribution in [0.25, 0.3) is 0 Å². The van der Waals surface area contributed by atoms with Gasteiger partial charge >= 0.3 is 12.1 Å². The van der Waals surface area contributed by atoms with Crippen LogP contribution < -0.4 is 9.96 Å². The first-order valence-electron chi connectivity index (χ1n) is 12.3. The number of hydroxylamine groups is 2. The summed E-state index contributed by atoms with van der Waals surface area (Å²) in [6.45, 7) is 7.56. The molecule has 1 aliphatic heterocycles. The maximum Gasteiger partial charge on any atom is 0.436 e. The van der Waals surface area contributed by atoms with Crippen LogP contribution in [0, 0.1) is 6.92 Å². The van der Waals surface area contributed by atoms with Crippen molar-refractivity contribution in [1.29, 1.82) is 0 Å². The molecule has 2 aromatic carbocycles. The van der Waals surface area contributed by atoms with Gasteiger partial charge in [-0.1, -0.05) is 55.8 Å². The molecule has 0 spiro atoms. The topological polar surface area (TPSA) is 93.5 Å². The van der Waals surface area contributed by atoms with Crippen LogP contribution in [0.15, 0.2) is 48.5 Å². The van der Waals surface area contributed by atoms with Crippen LogP contribution in [0.2, 0.25) is 0 Å². The number of alkyl halides is 3. The van der Waals surface area contributed by atoms with Crippen LogP contribution >= 0.6 is 0 Å². The van der Waals surface area contributed by atoms with E-state index in [1.165, 1.54) is 19.2 Å². The lowest BCUT2D eigenvalue weighted by Gasteiger charge is -2.25. The molecule has 0 saturated heterocycles. The van der Waals surface area contributed by atoms with E-state index in [1.807, 2.05) is 32.9 Å². The summed E-state index contributed by atoms with van der Waals surface area (Å²) in [5.74, 6) is -1.74. The molecule has 2 unspecified atom stereocenters. The van der Waals surface area contributed by atoms with Crippen molar-refractivity contribution >= 4 is 17.7 Å². The molecule has 11 heteroatoms. The number of esters is 1. The van der Waals surface area contributed by atoms with Gasteiger partial charge in [-0.15, -0.1) is 4.65 Å². The average molecular weight is 534 g/mol. The predicted molar refractivity (Wildman–Crippen MR) is 136 cm³/mol. The number of halogens is 3. The van der Waals surface area contributed by atoms with Crippen molar-refractivity contribution in [1.82, 2.24) is 19.7 Å². The number of carbonyl (C=O) groups excluding carboxylic acids is 2. The van der Waals surface area contributed by atoms with Gasteiger partial charge in [0.15, 0.2) is 11.3 Å². The Bertz CT molecular complexity index is 1300. The number of nitrogens with one attached hydrogen (secondary N) is 1. The number of aromatic nitrogens is 2. The molecule has 0 aliphatic carbocycles. The maximum atomic E-state index is 13.9. The molecule has 1 aromatic heterocycles. The number of nitrogens with zero attached hydrogens (tertiary/aromatic N) is 3. The second-order valence-electron chi connectivity index (χ2n) is 8.87. The van der Waals surface area contributed by atoms with E-state index in [4.69, 9.17) is 0 Å². The molecule has 2 atom stereocenters. The number of ether oxygens (including phenoxy) is 1. The Morgan fingerprint density at radius 1 is 1.18 bits per heavy atom. The lowest BCUT2D eigenvalue weighted by Crippen LogP contribution is -2.45. The number of carbonyl (C=O) groups is 2. The summed E-state index contributed by atoms with van der Waals surface area (Å²) in [4.78, 5) is 24.9. The highest BCUT2D eigenvalue weighted by Crippen LogP contribution is 2.41. The molecular formula is C27H32F3N4O4+. The second-order valence-corrected chi connectivity index (χ2v) is 8.87. The zero-order chi connectivity index (χ0) is 28.3. The summed E-state index contributed by atoms with van der Waals surface area (Å²) in [6, 6.07) is 12.7. The van der Waals surface area contributed by atoms with Crippen molar-refractivity contribution in [3.63, 3.8) is 0 Å². The molecule has 2 heterocycles. The minimum absolute atomic E-state index is 0.0184. The fraction of sp³-hybridized carbons (Fsp3) is 0.370. The third-order valence-electron chi connectivity index (χ3n) is 6.20. The highest BCUT2D eigenvalue weighted by Gasteiger charge is 2.51. The molecule has 0 saturated carbocycles. The Kier molecular flexibility index (Phi) is 8.63. The van der Waals surface area contributed by atoms with E-state index in [0.717, 1.165) is 10.2 Å². The fourth-order valence-electron chi connectivity index (χ4n) is 4.45. The van der Waals surface area contributed by atoms with Crippen molar-refractivity contribution in [3.8, 4) is 0 Å².